The van der Waals surface area contributed by atoms with Gasteiger partial charge in [0, 0.05) is 29.8 Å². The highest BCUT2D eigenvalue weighted by Crippen LogP contribution is 2.34. The minimum atomic E-state index is -0.463. The topological polar surface area (TPSA) is 70.8 Å². The van der Waals surface area contributed by atoms with E-state index in [2.05, 4.69) is 0 Å². The van der Waals surface area contributed by atoms with Crippen molar-refractivity contribution >= 4 is 46.5 Å². The van der Waals surface area contributed by atoms with Crippen LogP contribution in [0, 0.1) is 6.92 Å². The molecule has 8 heteroatoms. The van der Waals surface area contributed by atoms with Crippen LogP contribution in [-0.4, -0.2) is 46.5 Å². The molecular formula is C23H23ClN2O4S. The first kappa shape index (κ1) is 21.7. The number of carbonyl (C=O) groups excluding carboxylic acids is 3. The summed E-state index contributed by atoms with van der Waals surface area (Å²) in [7, 11) is 0. The molecule has 6 nitrogen and oxygen atoms in total. The predicted octanol–water partition coefficient (Wildman–Crippen LogP) is 5.35. The number of furan rings is 1. The lowest BCUT2D eigenvalue weighted by Crippen LogP contribution is -2.42. The summed E-state index contributed by atoms with van der Waals surface area (Å²) in [5, 5.41) is 0.172. The second kappa shape index (κ2) is 9.32. The van der Waals surface area contributed by atoms with Crippen LogP contribution in [0.1, 0.15) is 37.0 Å². The standard InChI is InChI=1S/C23H23ClN2O4S/c1-15-6-7-16(24)12-18(15)19-9-8-17(30-19)13-20-22(28)26(23(29)31-20)14-21(27)25-10-4-2-3-5-11-25/h6-9,12-13H,2-5,10-11,14H2,1H3. The number of benzene rings is 1. The molecule has 4 rings (SSSR count). The van der Waals surface area contributed by atoms with Crippen molar-refractivity contribution in [2.24, 2.45) is 0 Å². The molecule has 0 aliphatic carbocycles. The van der Waals surface area contributed by atoms with E-state index in [-0.39, 0.29) is 17.4 Å². The molecule has 162 valence electrons. The third-order valence-corrected chi connectivity index (χ3v) is 6.63. The number of likely N-dealkylation sites (tertiary alicyclic amines) is 1. The Labute approximate surface area is 190 Å². The number of halogens is 1. The Balaban J connectivity index is 1.48. The third kappa shape index (κ3) is 4.88. The van der Waals surface area contributed by atoms with Gasteiger partial charge in [-0.25, -0.2) is 0 Å². The first-order valence-corrected chi connectivity index (χ1v) is 11.5. The third-order valence-electron chi connectivity index (χ3n) is 5.49. The van der Waals surface area contributed by atoms with Gasteiger partial charge in [-0.05, 0) is 61.4 Å². The van der Waals surface area contributed by atoms with Gasteiger partial charge >= 0.3 is 0 Å². The fraction of sp³-hybridized carbons (Fsp3) is 0.348. The van der Waals surface area contributed by atoms with Crippen LogP contribution in [-0.2, 0) is 9.59 Å². The number of amides is 3. The Morgan fingerprint density at radius 3 is 2.61 bits per heavy atom. The van der Waals surface area contributed by atoms with E-state index in [4.69, 9.17) is 16.0 Å². The Kier molecular flexibility index (Phi) is 6.53. The van der Waals surface area contributed by atoms with E-state index in [0.29, 0.717) is 29.6 Å². The molecule has 3 amide bonds. The number of rotatable bonds is 4. The lowest BCUT2D eigenvalue weighted by Gasteiger charge is -2.22. The molecule has 0 spiro atoms. The van der Waals surface area contributed by atoms with Gasteiger partial charge < -0.3 is 9.32 Å². The number of imide groups is 1. The second-order valence-corrected chi connectivity index (χ2v) is 9.15. The molecule has 3 heterocycles. The van der Waals surface area contributed by atoms with Gasteiger partial charge in [0.05, 0.1) is 4.91 Å². The molecule has 0 atom stereocenters. The Morgan fingerprint density at radius 1 is 1.13 bits per heavy atom. The molecule has 0 bridgehead atoms. The van der Waals surface area contributed by atoms with Gasteiger partial charge in [-0.2, -0.15) is 0 Å². The van der Waals surface area contributed by atoms with Crippen LogP contribution >= 0.6 is 23.4 Å². The van der Waals surface area contributed by atoms with Crippen molar-refractivity contribution in [2.45, 2.75) is 32.6 Å². The molecule has 2 aromatic rings. The van der Waals surface area contributed by atoms with Crippen molar-refractivity contribution in [1.82, 2.24) is 9.80 Å². The SMILES string of the molecule is Cc1ccc(Cl)cc1-c1ccc(C=C2SC(=O)N(CC(=O)N3CCCCCC3)C2=O)o1. The number of thioether (sulfide) groups is 1. The highest BCUT2D eigenvalue weighted by molar-refractivity contribution is 8.18. The molecule has 2 aliphatic rings. The number of carbonyl (C=O) groups is 3. The molecule has 2 fully saturated rings. The highest BCUT2D eigenvalue weighted by atomic mass is 35.5. The van der Waals surface area contributed by atoms with Gasteiger partial charge in [0.15, 0.2) is 0 Å². The van der Waals surface area contributed by atoms with Crippen LogP contribution in [0.3, 0.4) is 0 Å². The average Bonchev–Trinajstić information content (AvgIpc) is 3.17. The minimum Gasteiger partial charge on any atom is -0.457 e. The van der Waals surface area contributed by atoms with Gasteiger partial charge in [0.1, 0.15) is 18.1 Å². The smallest absolute Gasteiger partial charge is 0.294 e. The van der Waals surface area contributed by atoms with Crippen LogP contribution in [0.2, 0.25) is 5.02 Å². The maximum Gasteiger partial charge on any atom is 0.294 e. The predicted molar refractivity (Wildman–Crippen MR) is 122 cm³/mol. The van der Waals surface area contributed by atoms with Crippen molar-refractivity contribution in [3.05, 3.63) is 51.6 Å². The Hall–Kier alpha value is -2.51. The van der Waals surface area contributed by atoms with Crippen LogP contribution in [0.4, 0.5) is 4.79 Å². The largest absolute Gasteiger partial charge is 0.457 e. The van der Waals surface area contributed by atoms with Crippen LogP contribution in [0.25, 0.3) is 17.4 Å². The molecule has 2 saturated heterocycles. The molecule has 0 N–H and O–H groups in total. The summed E-state index contributed by atoms with van der Waals surface area (Å²) >= 11 is 6.92. The molecule has 2 aliphatic heterocycles. The van der Waals surface area contributed by atoms with E-state index < -0.39 is 11.1 Å². The zero-order chi connectivity index (χ0) is 22.0. The van der Waals surface area contributed by atoms with Crippen molar-refractivity contribution in [1.29, 1.82) is 0 Å². The summed E-state index contributed by atoms with van der Waals surface area (Å²) in [6, 6.07) is 9.09. The normalized spacial score (nSPS) is 18.7. The Bertz CT molecular complexity index is 1050. The lowest BCUT2D eigenvalue weighted by atomic mass is 10.1. The quantitative estimate of drug-likeness (QED) is 0.578. The maximum absolute atomic E-state index is 12.8. The fourth-order valence-electron chi connectivity index (χ4n) is 3.76. The fourth-order valence-corrected chi connectivity index (χ4v) is 4.75. The molecule has 0 radical (unpaired) electrons. The number of aryl methyl sites for hydroxylation is 1. The summed E-state index contributed by atoms with van der Waals surface area (Å²) in [6.45, 7) is 3.11. The van der Waals surface area contributed by atoms with Crippen molar-refractivity contribution in [2.75, 3.05) is 19.6 Å². The van der Waals surface area contributed by atoms with Gasteiger partial charge in [-0.3, -0.25) is 19.3 Å². The minimum absolute atomic E-state index is 0.179. The summed E-state index contributed by atoms with van der Waals surface area (Å²) in [5.41, 5.74) is 1.88. The number of hydrogen-bond donors (Lipinski definition) is 0. The molecular weight excluding hydrogens is 436 g/mol. The van der Waals surface area contributed by atoms with Crippen molar-refractivity contribution in [3.63, 3.8) is 0 Å². The summed E-state index contributed by atoms with van der Waals surface area (Å²) in [4.78, 5) is 40.8. The van der Waals surface area contributed by atoms with Gasteiger partial charge in [-0.15, -0.1) is 0 Å². The molecule has 1 aromatic carbocycles. The monoisotopic (exact) mass is 458 g/mol. The zero-order valence-corrected chi connectivity index (χ0v) is 18.8. The van der Waals surface area contributed by atoms with E-state index in [1.54, 1.807) is 23.1 Å². The number of hydrogen-bond acceptors (Lipinski definition) is 5. The molecule has 0 saturated carbocycles. The second-order valence-electron chi connectivity index (χ2n) is 7.72. The lowest BCUT2D eigenvalue weighted by molar-refractivity contribution is -0.135. The van der Waals surface area contributed by atoms with Crippen LogP contribution < -0.4 is 0 Å². The summed E-state index contributed by atoms with van der Waals surface area (Å²) < 4.78 is 5.87. The van der Waals surface area contributed by atoms with Crippen molar-refractivity contribution < 1.29 is 18.8 Å². The summed E-state index contributed by atoms with van der Waals surface area (Å²) in [5.74, 6) is 0.442. The van der Waals surface area contributed by atoms with E-state index in [1.807, 2.05) is 25.1 Å². The van der Waals surface area contributed by atoms with E-state index in [1.165, 1.54) is 0 Å². The maximum atomic E-state index is 12.8. The van der Waals surface area contributed by atoms with Gasteiger partial charge in [0.25, 0.3) is 11.1 Å². The van der Waals surface area contributed by atoms with E-state index in [9.17, 15) is 14.4 Å². The first-order chi connectivity index (χ1) is 14.9. The first-order valence-electron chi connectivity index (χ1n) is 10.3. The number of nitrogens with zero attached hydrogens (tertiary/aromatic N) is 2. The Morgan fingerprint density at radius 2 is 1.87 bits per heavy atom. The highest BCUT2D eigenvalue weighted by Gasteiger charge is 2.37. The zero-order valence-electron chi connectivity index (χ0n) is 17.2. The van der Waals surface area contributed by atoms with Crippen molar-refractivity contribution in [3.8, 4) is 11.3 Å². The van der Waals surface area contributed by atoms with Crippen LogP contribution in [0.15, 0.2) is 39.7 Å². The van der Waals surface area contributed by atoms with Gasteiger partial charge in [0.2, 0.25) is 5.91 Å². The van der Waals surface area contributed by atoms with Crippen LogP contribution in [0.5, 0.6) is 0 Å². The molecule has 1 aromatic heterocycles. The molecule has 0 unspecified atom stereocenters. The van der Waals surface area contributed by atoms with Gasteiger partial charge in [-0.1, -0.05) is 30.5 Å². The summed E-state index contributed by atoms with van der Waals surface area (Å²) in [6.07, 6.45) is 5.67. The van der Waals surface area contributed by atoms with E-state index >= 15 is 0 Å². The molecule has 31 heavy (non-hydrogen) atoms. The average molecular weight is 459 g/mol. The van der Waals surface area contributed by atoms with E-state index in [0.717, 1.165) is 53.5 Å².